The summed E-state index contributed by atoms with van der Waals surface area (Å²) < 4.78 is 34.8. The number of thiophene rings is 4. The molecule has 4 atom stereocenters. The molecule has 0 saturated heterocycles. The van der Waals surface area contributed by atoms with Crippen LogP contribution in [-0.2, 0) is 25.7 Å². The number of halogens is 1. The van der Waals surface area contributed by atoms with Gasteiger partial charge >= 0.3 is 38.2 Å². The standard InChI is InChI=1S/C42H60N2S4.C40H56N2S4.CH4.B2H4IO/c1-7-11-15-17-21-31(19-13-9-3)27-33-23-25-35(45-33)41-43-37-29(5)40-38(30(6)39(37)47-41)44-42(48-40)36-26-24-34(46-36)28-32(20-14-10-4)22-18-16-12-8-2;1-5-9-13-15-19-29(17-11-7-3)25-31-21-23-35(43-31)39-41-33-27-38-34(28-37(33)45-39)42-40(46-38)36-24-22-32(44-36)26-30(18-12-8-4)20-16-14-10-6-2;;1-3(2)4/h23-26,31-32H,7-22,27-28H2,1-6H3;21-24,27-30H,5-20,25-26H2,1-4H3;1H4;1,4H,3H2/i;;;1T,3D2,4T. The number of rotatable bonds is 46. The Hall–Kier alpha value is -2.38. The summed E-state index contributed by atoms with van der Waals surface area (Å²) in [7, 11) is 0. The quantitative estimate of drug-likeness (QED) is 0.0234. The molecule has 8 aromatic heterocycles. The Bertz CT molecular complexity index is 3670. The Morgan fingerprint density at radius 1 is 0.404 bits per heavy atom. The maximum absolute atomic E-state index is 6.76. The van der Waals surface area contributed by atoms with Gasteiger partial charge in [0.2, 0.25) is 0 Å². The van der Waals surface area contributed by atoms with Crippen LogP contribution in [-0.4, -0.2) is 38.7 Å². The first kappa shape index (κ1) is 77.7. The number of hydrogen-bond donors (Lipinski definition) is 1. The molecule has 8 heterocycles. The zero-order chi connectivity index (χ0) is 72.9. The van der Waals surface area contributed by atoms with Crippen molar-refractivity contribution in [1.29, 1.82) is 3.95 Å². The Labute approximate surface area is 645 Å². The fourth-order valence-electron chi connectivity index (χ4n) is 14.0. The van der Waals surface area contributed by atoms with Crippen molar-refractivity contribution in [3.05, 3.63) is 91.3 Å². The molecule has 0 aliphatic rings. The molecule has 0 amide bonds. The van der Waals surface area contributed by atoms with E-state index in [9.17, 15) is 0 Å². The van der Waals surface area contributed by atoms with Crippen molar-refractivity contribution in [2.45, 2.75) is 308 Å². The minimum absolute atomic E-state index is 0. The van der Waals surface area contributed by atoms with Gasteiger partial charge in [0.25, 0.3) is 0 Å². The molecule has 0 aliphatic carbocycles. The maximum atomic E-state index is 6.76. The van der Waals surface area contributed by atoms with Gasteiger partial charge in [0, 0.05) is 19.5 Å². The van der Waals surface area contributed by atoms with E-state index in [4.69, 9.17) is 29.6 Å². The van der Waals surface area contributed by atoms with Crippen LogP contribution in [0.5, 0.6) is 0 Å². The number of aromatic nitrogens is 4. The third-order valence-corrected chi connectivity index (χ3v) is 29.2. The van der Waals surface area contributed by atoms with Crippen molar-refractivity contribution in [3.63, 3.8) is 0 Å². The van der Waals surface area contributed by atoms with Gasteiger partial charge in [-0.1, -0.05) is 268 Å². The Morgan fingerprint density at radius 3 is 0.929 bits per heavy atom. The van der Waals surface area contributed by atoms with E-state index in [0.717, 1.165) is 44.7 Å². The average molecular weight is 1610 g/mol. The van der Waals surface area contributed by atoms with Gasteiger partial charge in [0.1, 0.15) is 20.0 Å². The number of unbranched alkanes of at least 4 members (excludes halogenated alkanes) is 16. The van der Waals surface area contributed by atoms with E-state index in [2.05, 4.69) is 133 Å². The second-order valence-electron chi connectivity index (χ2n) is 28.1. The predicted molar refractivity (Wildman–Crippen MR) is 469 cm³/mol. The molecule has 1 N–H and O–H groups in total. The predicted octanol–water partition coefficient (Wildman–Crippen LogP) is 30.0. The zero-order valence-electron chi connectivity index (χ0n) is 65.5. The van der Waals surface area contributed by atoms with Crippen molar-refractivity contribution < 1.29 is 3.44 Å². The summed E-state index contributed by atoms with van der Waals surface area (Å²) in [5.74, 6) is 3.28. The molecule has 543 valence electrons. The van der Waals surface area contributed by atoms with Crippen molar-refractivity contribution in [2.24, 2.45) is 23.7 Å². The van der Waals surface area contributed by atoms with Crippen LogP contribution in [0.3, 0.4) is 0 Å². The normalized spacial score (nSPS) is 14.0. The van der Waals surface area contributed by atoms with Crippen molar-refractivity contribution in [2.75, 3.05) is 0 Å². The molecule has 0 saturated carbocycles. The van der Waals surface area contributed by atoms with Crippen LogP contribution < -0.4 is 0 Å². The second-order valence-corrected chi connectivity index (χ2v) is 38.6. The number of thiazole rings is 4. The van der Waals surface area contributed by atoms with Gasteiger partial charge in [-0.05, 0) is 135 Å². The summed E-state index contributed by atoms with van der Waals surface area (Å²) in [6, 6.07) is 23.4. The van der Waals surface area contributed by atoms with Crippen molar-refractivity contribution >= 4 is 162 Å². The molecule has 0 aliphatic heterocycles. The van der Waals surface area contributed by atoms with E-state index in [1.165, 1.54) is 321 Å². The fraction of sp³-hybridized carbons (Fsp3) is 0.614. The Morgan fingerprint density at radius 2 is 0.677 bits per heavy atom. The van der Waals surface area contributed by atoms with Gasteiger partial charge in [-0.2, -0.15) is 0 Å². The van der Waals surface area contributed by atoms with Crippen molar-refractivity contribution in [3.8, 4) is 39.5 Å². The van der Waals surface area contributed by atoms with Crippen LogP contribution in [0.2, 0.25) is 0 Å². The third-order valence-electron chi connectivity index (χ3n) is 19.7. The van der Waals surface area contributed by atoms with E-state index in [1.54, 1.807) is 0 Å². The minimum atomic E-state index is -4.94. The second kappa shape index (κ2) is 45.9. The Kier molecular flexibility index (Phi) is 36.0. The van der Waals surface area contributed by atoms with Crippen LogP contribution in [0.25, 0.3) is 80.4 Å². The van der Waals surface area contributed by atoms with E-state index >= 15 is 0 Å². The van der Waals surface area contributed by atoms with Crippen molar-refractivity contribution in [1.82, 2.24) is 19.9 Å². The monoisotopic (exact) mass is 1600 g/mol. The molecular formula is C83H124B2IN4OS8. The van der Waals surface area contributed by atoms with Gasteiger partial charge < -0.3 is 0 Å². The van der Waals surface area contributed by atoms with Crippen LogP contribution in [0, 0.1) is 37.5 Å². The summed E-state index contributed by atoms with van der Waals surface area (Å²) in [5, 5.41) is 4.67. The Balaban J connectivity index is 0.000000258. The average Bonchev–Trinajstić information content (AvgIpc) is 1.60. The third kappa shape index (κ3) is 26.6. The van der Waals surface area contributed by atoms with Crippen LogP contribution in [0.15, 0.2) is 60.7 Å². The topological polar surface area (TPSA) is 71.8 Å². The summed E-state index contributed by atoms with van der Waals surface area (Å²) in [6.07, 6.45) is 48.4. The first-order valence-corrected chi connectivity index (χ1v) is 48.3. The van der Waals surface area contributed by atoms with Crippen LogP contribution >= 0.6 is 110 Å². The number of fused-ring (bicyclic) bond motifs is 4. The van der Waals surface area contributed by atoms with Crippen LogP contribution in [0.1, 0.15) is 299 Å². The van der Waals surface area contributed by atoms with Gasteiger partial charge in [-0.3, -0.25) is 0 Å². The van der Waals surface area contributed by atoms with Gasteiger partial charge in [0.15, 0.2) is 0 Å². The first-order chi connectivity index (χ1) is 49.4. The summed E-state index contributed by atoms with van der Waals surface area (Å²) in [5.41, 5.74) is 12.4. The van der Waals surface area contributed by atoms with E-state index < -0.39 is 19.4 Å². The van der Waals surface area contributed by atoms with E-state index in [-0.39, 0.29) is 7.43 Å². The van der Waals surface area contributed by atoms with Gasteiger partial charge in [-0.25, -0.2) is 19.9 Å². The van der Waals surface area contributed by atoms with Gasteiger partial charge in [0.05, 0.1) is 60.4 Å². The van der Waals surface area contributed by atoms with E-state index in [1.807, 2.05) is 90.7 Å². The molecule has 99 heavy (non-hydrogen) atoms. The molecule has 3 radical (unpaired) electrons. The number of nitrogens with zero attached hydrogens (tertiary/aromatic N) is 4. The summed E-state index contributed by atoms with van der Waals surface area (Å²) in [4.78, 5) is 32.3. The summed E-state index contributed by atoms with van der Waals surface area (Å²) >= 11 is 10.3. The molecule has 10 aromatic rings. The zero-order valence-corrected chi connectivity index (χ0v) is 70.2. The van der Waals surface area contributed by atoms with Gasteiger partial charge in [-0.15, -0.1) is 90.7 Å². The first-order valence-electron chi connectivity index (χ1n) is 40.2. The molecule has 5 nitrogen and oxygen atoms in total. The van der Waals surface area contributed by atoms with Crippen LogP contribution in [0.4, 0.5) is 0 Å². The molecule has 0 spiro atoms. The molecule has 0 fully saturated rings. The number of benzene rings is 2. The molecule has 16 heteroatoms. The molecule has 4 unspecified atom stereocenters. The SMILES string of the molecule is C.CCCCCCC(CCCC)Cc1ccc(-c2nc3c(C)c4sc(-c5ccc(CC(CCCC)CCCCCC)s5)nc4c(C)c3s2)s1.CCCCCCC(CCCC)Cc1ccc(-c2nc3cc4sc(-c5ccc(CC(CCCC)CCCCCC)s5)nc4cc3s2)s1.[2H]I([2H])([B])([B][3H])O[3H]. The molecule has 10 rings (SSSR count). The molecular weight excluding hydrogens is 1470 g/mol. The number of aryl methyl sites for hydroxylation is 2. The number of hydrogen-bond acceptors (Lipinski definition) is 13. The molecule has 0 bridgehead atoms. The summed E-state index contributed by atoms with van der Waals surface area (Å²) in [6.45, 7) is 23.1. The van der Waals surface area contributed by atoms with E-state index in [0.29, 0.717) is 5.67 Å². The molecule has 2 aromatic carbocycles. The fourth-order valence-corrected chi connectivity index (χ4v) is 22.9.